The van der Waals surface area contributed by atoms with E-state index in [0.29, 0.717) is 26.0 Å². The van der Waals surface area contributed by atoms with Gasteiger partial charge in [0.05, 0.1) is 6.61 Å². The number of para-hydroxylation sites is 1. The summed E-state index contributed by atoms with van der Waals surface area (Å²) in [6.45, 7) is 6.62. The molecule has 0 heterocycles. The molecule has 1 N–H and O–H groups in total. The van der Waals surface area contributed by atoms with Gasteiger partial charge in [0, 0.05) is 23.5 Å². The second kappa shape index (κ2) is 12.4. The van der Waals surface area contributed by atoms with E-state index in [2.05, 4.69) is 21.2 Å². The van der Waals surface area contributed by atoms with Crippen LogP contribution >= 0.6 is 15.9 Å². The van der Waals surface area contributed by atoms with Gasteiger partial charge in [-0.2, -0.15) is 0 Å². The summed E-state index contributed by atoms with van der Waals surface area (Å²) in [6.07, 6.45) is 1.75. The minimum absolute atomic E-state index is 0.0543. The Labute approximate surface area is 187 Å². The van der Waals surface area contributed by atoms with Gasteiger partial charge in [0.1, 0.15) is 11.8 Å². The van der Waals surface area contributed by atoms with Gasteiger partial charge < -0.3 is 15.0 Å². The topological polar surface area (TPSA) is 58.6 Å². The lowest BCUT2D eigenvalue weighted by Crippen LogP contribution is -2.49. The van der Waals surface area contributed by atoms with E-state index < -0.39 is 6.04 Å². The first-order valence-corrected chi connectivity index (χ1v) is 11.2. The van der Waals surface area contributed by atoms with Crippen molar-refractivity contribution in [3.63, 3.8) is 0 Å². The van der Waals surface area contributed by atoms with Crippen molar-refractivity contribution < 1.29 is 14.3 Å². The zero-order chi connectivity index (χ0) is 21.9. The number of carbonyl (C=O) groups excluding carboxylic acids is 2. The average Bonchev–Trinajstić information content (AvgIpc) is 2.76. The Bertz CT molecular complexity index is 796. The van der Waals surface area contributed by atoms with Gasteiger partial charge in [-0.25, -0.2) is 0 Å². The minimum Gasteiger partial charge on any atom is -0.494 e. The first kappa shape index (κ1) is 23.9. The van der Waals surface area contributed by atoms with E-state index in [4.69, 9.17) is 4.74 Å². The van der Waals surface area contributed by atoms with Crippen LogP contribution < -0.4 is 10.1 Å². The smallest absolute Gasteiger partial charge is 0.242 e. The number of hydrogen-bond donors (Lipinski definition) is 1. The van der Waals surface area contributed by atoms with E-state index in [1.54, 1.807) is 11.8 Å². The highest BCUT2D eigenvalue weighted by Gasteiger charge is 2.26. The lowest BCUT2D eigenvalue weighted by molar-refractivity contribution is -0.141. The molecule has 0 aliphatic rings. The molecule has 0 saturated carbocycles. The third kappa shape index (κ3) is 7.82. The summed E-state index contributed by atoms with van der Waals surface area (Å²) in [6, 6.07) is 16.9. The zero-order valence-electron chi connectivity index (χ0n) is 17.9. The van der Waals surface area contributed by atoms with Crippen LogP contribution in [0.15, 0.2) is 59.1 Å². The number of halogens is 1. The van der Waals surface area contributed by atoms with Crippen molar-refractivity contribution in [2.45, 2.75) is 58.7 Å². The first-order valence-electron chi connectivity index (χ1n) is 10.4. The molecular weight excluding hydrogens is 444 g/mol. The molecule has 2 amide bonds. The van der Waals surface area contributed by atoms with E-state index in [0.717, 1.165) is 22.2 Å². The van der Waals surface area contributed by atoms with Crippen LogP contribution in [-0.4, -0.2) is 35.4 Å². The van der Waals surface area contributed by atoms with Crippen LogP contribution in [0.4, 0.5) is 0 Å². The number of nitrogens with one attached hydrogen (secondary N) is 1. The molecule has 0 radical (unpaired) electrons. The summed E-state index contributed by atoms with van der Waals surface area (Å²) in [5.41, 5.74) is 0.982. The summed E-state index contributed by atoms with van der Waals surface area (Å²) < 4.78 is 6.66. The van der Waals surface area contributed by atoms with Crippen LogP contribution in [0.1, 0.15) is 45.6 Å². The first-order chi connectivity index (χ1) is 14.4. The Balaban J connectivity index is 2.00. The lowest BCUT2D eigenvalue weighted by Gasteiger charge is -2.29. The fourth-order valence-electron chi connectivity index (χ4n) is 2.91. The van der Waals surface area contributed by atoms with Crippen molar-refractivity contribution in [1.82, 2.24) is 10.2 Å². The van der Waals surface area contributed by atoms with Gasteiger partial charge in [-0.1, -0.05) is 53.2 Å². The highest BCUT2D eigenvalue weighted by atomic mass is 79.9. The minimum atomic E-state index is -0.551. The Morgan fingerprint density at radius 2 is 1.73 bits per heavy atom. The lowest BCUT2D eigenvalue weighted by atomic mass is 10.1. The van der Waals surface area contributed by atoms with E-state index in [9.17, 15) is 9.59 Å². The fraction of sp³-hybridized carbons (Fsp3) is 0.417. The van der Waals surface area contributed by atoms with Crippen molar-refractivity contribution in [2.75, 3.05) is 6.61 Å². The van der Waals surface area contributed by atoms with Crippen LogP contribution in [0, 0.1) is 0 Å². The summed E-state index contributed by atoms with van der Waals surface area (Å²) in [4.78, 5) is 27.3. The van der Waals surface area contributed by atoms with E-state index >= 15 is 0 Å². The SMILES string of the molecule is CC[C@@H](C)NC(=O)[C@H](C)N(Cc1ccc(Br)cc1)C(=O)CCCOc1ccccc1. The highest BCUT2D eigenvalue weighted by Crippen LogP contribution is 2.16. The maximum absolute atomic E-state index is 13.0. The van der Waals surface area contributed by atoms with Gasteiger partial charge >= 0.3 is 0 Å². The van der Waals surface area contributed by atoms with Gasteiger partial charge in [-0.15, -0.1) is 0 Å². The molecule has 2 rings (SSSR count). The number of ether oxygens (including phenoxy) is 1. The quantitative estimate of drug-likeness (QED) is 0.469. The van der Waals surface area contributed by atoms with Gasteiger partial charge in [0.25, 0.3) is 0 Å². The van der Waals surface area contributed by atoms with Gasteiger partial charge in [-0.05, 0) is 56.5 Å². The fourth-order valence-corrected chi connectivity index (χ4v) is 3.17. The van der Waals surface area contributed by atoms with Crippen molar-refractivity contribution in [1.29, 1.82) is 0 Å². The normalized spacial score (nSPS) is 12.7. The van der Waals surface area contributed by atoms with Crippen LogP contribution in [0.25, 0.3) is 0 Å². The van der Waals surface area contributed by atoms with Crippen molar-refractivity contribution >= 4 is 27.7 Å². The number of rotatable bonds is 11. The molecule has 0 spiro atoms. The van der Waals surface area contributed by atoms with E-state index in [1.165, 1.54) is 0 Å². The van der Waals surface area contributed by atoms with Crippen molar-refractivity contribution in [2.24, 2.45) is 0 Å². The average molecular weight is 475 g/mol. The number of hydrogen-bond acceptors (Lipinski definition) is 3. The number of benzene rings is 2. The molecule has 162 valence electrons. The largest absolute Gasteiger partial charge is 0.494 e. The van der Waals surface area contributed by atoms with E-state index in [-0.39, 0.29) is 17.9 Å². The summed E-state index contributed by atoms with van der Waals surface area (Å²) >= 11 is 3.43. The molecule has 2 aromatic carbocycles. The molecule has 0 saturated heterocycles. The molecule has 0 aliphatic carbocycles. The number of nitrogens with zero attached hydrogens (tertiary/aromatic N) is 1. The Morgan fingerprint density at radius 3 is 2.37 bits per heavy atom. The summed E-state index contributed by atoms with van der Waals surface area (Å²) in [7, 11) is 0. The molecule has 2 aromatic rings. The molecule has 2 atom stereocenters. The van der Waals surface area contributed by atoms with Gasteiger partial charge in [-0.3, -0.25) is 9.59 Å². The van der Waals surface area contributed by atoms with Crippen molar-refractivity contribution in [3.8, 4) is 5.75 Å². The van der Waals surface area contributed by atoms with Crippen LogP contribution in [0.5, 0.6) is 5.75 Å². The predicted molar refractivity (Wildman–Crippen MR) is 123 cm³/mol. The molecule has 0 bridgehead atoms. The molecule has 5 nitrogen and oxygen atoms in total. The maximum atomic E-state index is 13.0. The van der Waals surface area contributed by atoms with Gasteiger partial charge in [0.15, 0.2) is 0 Å². The standard InChI is InChI=1S/C24H31BrN2O3/c1-4-18(2)26-24(29)19(3)27(17-20-12-14-21(25)15-13-20)23(28)11-8-16-30-22-9-6-5-7-10-22/h5-7,9-10,12-15,18-19H,4,8,11,16-17H2,1-3H3,(H,26,29)/t18-,19+/m1/s1. The van der Waals surface area contributed by atoms with E-state index in [1.807, 2.05) is 68.4 Å². The highest BCUT2D eigenvalue weighted by molar-refractivity contribution is 9.10. The molecule has 0 unspecified atom stereocenters. The second-order valence-corrected chi connectivity index (χ2v) is 8.32. The zero-order valence-corrected chi connectivity index (χ0v) is 19.5. The molecule has 0 aromatic heterocycles. The van der Waals surface area contributed by atoms with Crippen LogP contribution in [0.3, 0.4) is 0 Å². The monoisotopic (exact) mass is 474 g/mol. The van der Waals surface area contributed by atoms with Crippen LogP contribution in [0.2, 0.25) is 0 Å². The van der Waals surface area contributed by atoms with Gasteiger partial charge in [0.2, 0.25) is 11.8 Å². The molecule has 0 aliphatic heterocycles. The maximum Gasteiger partial charge on any atom is 0.242 e. The predicted octanol–water partition coefficient (Wildman–Crippen LogP) is 4.94. The Hall–Kier alpha value is -2.34. The molecule has 0 fully saturated rings. The third-order valence-electron chi connectivity index (χ3n) is 4.98. The summed E-state index contributed by atoms with van der Waals surface area (Å²) in [5, 5.41) is 2.98. The molecular formula is C24H31BrN2O3. The Morgan fingerprint density at radius 1 is 1.07 bits per heavy atom. The molecule has 6 heteroatoms. The Kier molecular flexibility index (Phi) is 9.87. The second-order valence-electron chi connectivity index (χ2n) is 7.41. The van der Waals surface area contributed by atoms with Crippen molar-refractivity contribution in [3.05, 3.63) is 64.6 Å². The third-order valence-corrected chi connectivity index (χ3v) is 5.51. The molecule has 30 heavy (non-hydrogen) atoms. The van der Waals surface area contributed by atoms with Crippen LogP contribution in [-0.2, 0) is 16.1 Å². The summed E-state index contributed by atoms with van der Waals surface area (Å²) in [5.74, 6) is 0.606. The number of amides is 2. The number of carbonyl (C=O) groups is 2.